The van der Waals surface area contributed by atoms with Crippen molar-refractivity contribution in [3.05, 3.63) is 120 Å². The van der Waals surface area contributed by atoms with Gasteiger partial charge in [0, 0.05) is 39.5 Å². The molecule has 0 aliphatic heterocycles. The van der Waals surface area contributed by atoms with Crippen LogP contribution in [0.15, 0.2) is 102 Å². The molecule has 4 N–H and O–H groups in total. The summed E-state index contributed by atoms with van der Waals surface area (Å²) in [4.78, 5) is 4.25. The lowest BCUT2D eigenvalue weighted by Gasteiger charge is -2.14. The topological polar surface area (TPSA) is 101 Å². The van der Waals surface area contributed by atoms with Crippen molar-refractivity contribution in [3.8, 4) is 5.75 Å². The summed E-state index contributed by atoms with van der Waals surface area (Å²) in [5, 5.41) is 2.95. The van der Waals surface area contributed by atoms with Gasteiger partial charge in [0.15, 0.2) is 5.83 Å². The van der Waals surface area contributed by atoms with E-state index < -0.39 is 21.4 Å². The Morgan fingerprint density at radius 1 is 1.14 bits per heavy atom. The fourth-order valence-corrected chi connectivity index (χ4v) is 4.07. The molecule has 182 valence electrons. The first kappa shape index (κ1) is 25.6. The second kappa shape index (κ2) is 11.4. The quantitative estimate of drug-likeness (QED) is 0.312. The molecule has 0 aromatic heterocycles. The average molecular weight is 497 g/mol. The van der Waals surface area contributed by atoms with Crippen LogP contribution in [-0.2, 0) is 22.1 Å². The van der Waals surface area contributed by atoms with E-state index in [0.717, 1.165) is 17.8 Å². The van der Waals surface area contributed by atoms with Crippen LogP contribution in [0.3, 0.4) is 0 Å². The van der Waals surface area contributed by atoms with E-state index in [2.05, 4.69) is 16.9 Å². The SMILES string of the molecule is C=C(/N=C(\C(F)=C/N)c1ccc(F)cc1OCc1ccccc1)Nc1cccc(CS(C)(=N)=O)c1. The molecule has 35 heavy (non-hydrogen) atoms. The number of hydrogen-bond donors (Lipinski definition) is 3. The average Bonchev–Trinajstić information content (AvgIpc) is 2.81. The Bertz CT molecular complexity index is 1370. The van der Waals surface area contributed by atoms with Gasteiger partial charge in [-0.2, -0.15) is 0 Å². The van der Waals surface area contributed by atoms with Crippen molar-refractivity contribution >= 4 is 21.1 Å². The lowest BCUT2D eigenvalue weighted by Crippen LogP contribution is -2.10. The predicted molar refractivity (Wildman–Crippen MR) is 137 cm³/mol. The van der Waals surface area contributed by atoms with E-state index in [4.69, 9.17) is 15.3 Å². The van der Waals surface area contributed by atoms with Crippen LogP contribution in [0.1, 0.15) is 16.7 Å². The molecule has 0 bridgehead atoms. The second-order valence-electron chi connectivity index (χ2n) is 7.81. The first-order chi connectivity index (χ1) is 16.6. The maximum absolute atomic E-state index is 14.8. The van der Waals surface area contributed by atoms with Crippen LogP contribution in [-0.4, -0.2) is 16.2 Å². The number of hydrogen-bond acceptors (Lipinski definition) is 6. The van der Waals surface area contributed by atoms with Gasteiger partial charge in [0.2, 0.25) is 0 Å². The number of allylic oxidation sites excluding steroid dienone is 1. The smallest absolute Gasteiger partial charge is 0.165 e. The second-order valence-corrected chi connectivity index (χ2v) is 10.1. The molecule has 3 rings (SSSR count). The molecule has 3 aromatic rings. The molecule has 0 radical (unpaired) electrons. The van der Waals surface area contributed by atoms with Crippen LogP contribution in [0.5, 0.6) is 5.75 Å². The van der Waals surface area contributed by atoms with Gasteiger partial charge in [0.25, 0.3) is 0 Å². The van der Waals surface area contributed by atoms with Crippen LogP contribution >= 0.6 is 0 Å². The number of nitrogens with one attached hydrogen (secondary N) is 2. The van der Waals surface area contributed by atoms with Crippen molar-refractivity contribution in [1.82, 2.24) is 0 Å². The molecular weight excluding hydrogens is 470 g/mol. The molecule has 0 saturated carbocycles. The minimum absolute atomic E-state index is 0.0792. The Balaban J connectivity index is 1.90. The monoisotopic (exact) mass is 496 g/mol. The number of nitrogens with two attached hydrogens (primary N) is 1. The van der Waals surface area contributed by atoms with Crippen molar-refractivity contribution < 1.29 is 17.7 Å². The minimum atomic E-state index is -2.72. The highest BCUT2D eigenvalue weighted by atomic mass is 32.2. The standard InChI is InChI=1S/C26H26F2N4O2S/c1-18(31-22-10-6-9-20(13-22)17-35(2,30)33)32-26(24(28)15-29)23-12-11-21(27)14-25(23)34-16-19-7-4-3-5-8-19/h3-15,30-31H,1,16-17,29H2,2H3/b24-15+,32-26-. The molecule has 0 aliphatic rings. The van der Waals surface area contributed by atoms with Crippen LogP contribution in [0.2, 0.25) is 0 Å². The summed E-state index contributed by atoms with van der Waals surface area (Å²) in [6.45, 7) is 3.98. The number of halogens is 2. The van der Waals surface area contributed by atoms with Crippen molar-refractivity contribution in [2.75, 3.05) is 11.6 Å². The molecule has 0 spiro atoms. The fourth-order valence-electron chi connectivity index (χ4n) is 3.25. The number of benzene rings is 3. The first-order valence-electron chi connectivity index (χ1n) is 10.5. The third-order valence-corrected chi connectivity index (χ3v) is 5.60. The van der Waals surface area contributed by atoms with Crippen molar-refractivity contribution in [1.29, 1.82) is 4.78 Å². The van der Waals surface area contributed by atoms with Gasteiger partial charge in [0.05, 0.1) is 5.75 Å². The van der Waals surface area contributed by atoms with E-state index in [9.17, 15) is 13.0 Å². The van der Waals surface area contributed by atoms with Crippen LogP contribution < -0.4 is 15.8 Å². The van der Waals surface area contributed by atoms with Gasteiger partial charge >= 0.3 is 0 Å². The largest absolute Gasteiger partial charge is 0.488 e. The zero-order chi connectivity index (χ0) is 25.4. The van der Waals surface area contributed by atoms with Gasteiger partial charge in [-0.05, 0) is 35.4 Å². The molecule has 0 heterocycles. The number of rotatable bonds is 10. The first-order valence-corrected chi connectivity index (χ1v) is 12.7. The highest BCUT2D eigenvalue weighted by Gasteiger charge is 2.17. The molecule has 3 aromatic carbocycles. The number of nitrogens with zero attached hydrogens (tertiary/aromatic N) is 1. The maximum atomic E-state index is 14.8. The van der Waals surface area contributed by atoms with Crippen molar-refractivity contribution in [3.63, 3.8) is 0 Å². The summed E-state index contributed by atoms with van der Waals surface area (Å²) < 4.78 is 54.0. The van der Waals surface area contributed by atoms with E-state index in [-0.39, 0.29) is 35.2 Å². The normalized spacial score (nSPS) is 13.7. The third-order valence-electron chi connectivity index (χ3n) is 4.71. The lowest BCUT2D eigenvalue weighted by atomic mass is 10.1. The third kappa shape index (κ3) is 7.79. The molecule has 1 unspecified atom stereocenters. The summed E-state index contributed by atoms with van der Waals surface area (Å²) in [6, 6.07) is 19.9. The molecule has 6 nitrogen and oxygen atoms in total. The van der Waals surface area contributed by atoms with E-state index in [1.54, 1.807) is 24.3 Å². The van der Waals surface area contributed by atoms with E-state index in [1.165, 1.54) is 18.4 Å². The van der Waals surface area contributed by atoms with Crippen LogP contribution in [0, 0.1) is 10.6 Å². The van der Waals surface area contributed by atoms with E-state index in [0.29, 0.717) is 11.3 Å². The fraction of sp³-hybridized carbons (Fsp3) is 0.115. The molecule has 9 heteroatoms. The summed E-state index contributed by atoms with van der Waals surface area (Å²) >= 11 is 0. The summed E-state index contributed by atoms with van der Waals surface area (Å²) in [5.74, 6) is -1.14. The number of ether oxygens (including phenoxy) is 1. The molecular formula is C26H26F2N4O2S. The minimum Gasteiger partial charge on any atom is -0.488 e. The van der Waals surface area contributed by atoms with Gasteiger partial charge in [-0.1, -0.05) is 49.0 Å². The molecule has 1 atom stereocenters. The lowest BCUT2D eigenvalue weighted by molar-refractivity contribution is 0.304. The van der Waals surface area contributed by atoms with Gasteiger partial charge < -0.3 is 15.8 Å². The highest BCUT2D eigenvalue weighted by Crippen LogP contribution is 2.26. The molecule has 0 amide bonds. The zero-order valence-electron chi connectivity index (χ0n) is 19.1. The van der Waals surface area contributed by atoms with E-state index >= 15 is 0 Å². The summed E-state index contributed by atoms with van der Waals surface area (Å²) in [6.07, 6.45) is 2.12. The molecule has 0 saturated heterocycles. The Hall–Kier alpha value is -3.98. The summed E-state index contributed by atoms with van der Waals surface area (Å²) in [7, 11) is -2.72. The molecule has 0 aliphatic carbocycles. The van der Waals surface area contributed by atoms with Gasteiger partial charge in [-0.25, -0.2) is 18.0 Å². The van der Waals surface area contributed by atoms with E-state index in [1.807, 2.05) is 30.3 Å². The number of aliphatic imine (C=N–C) groups is 1. The van der Waals surface area contributed by atoms with Gasteiger partial charge in [-0.3, -0.25) is 4.78 Å². The Morgan fingerprint density at radius 3 is 2.54 bits per heavy atom. The van der Waals surface area contributed by atoms with Gasteiger partial charge in [-0.15, -0.1) is 0 Å². The Labute approximate surface area is 203 Å². The van der Waals surface area contributed by atoms with Crippen molar-refractivity contribution in [2.24, 2.45) is 10.7 Å². The predicted octanol–water partition coefficient (Wildman–Crippen LogP) is 5.72. The van der Waals surface area contributed by atoms with Crippen molar-refractivity contribution in [2.45, 2.75) is 12.4 Å². The van der Waals surface area contributed by atoms with Crippen LogP contribution in [0.4, 0.5) is 14.5 Å². The maximum Gasteiger partial charge on any atom is 0.165 e. The number of anilines is 1. The van der Waals surface area contributed by atoms with Crippen LogP contribution in [0.25, 0.3) is 0 Å². The zero-order valence-corrected chi connectivity index (χ0v) is 19.9. The molecule has 0 fully saturated rings. The highest BCUT2D eigenvalue weighted by molar-refractivity contribution is 7.90. The Kier molecular flexibility index (Phi) is 8.38. The van der Waals surface area contributed by atoms with Gasteiger partial charge in [0.1, 0.15) is 29.7 Å². The Morgan fingerprint density at radius 2 is 1.86 bits per heavy atom. The summed E-state index contributed by atoms with van der Waals surface area (Å²) in [5.41, 5.74) is 7.55.